The van der Waals surface area contributed by atoms with Crippen molar-refractivity contribution in [3.63, 3.8) is 0 Å². The Morgan fingerprint density at radius 3 is 2.57 bits per heavy atom. The van der Waals surface area contributed by atoms with E-state index in [0.717, 1.165) is 35.8 Å². The number of aryl methyl sites for hydroxylation is 1. The number of aromatic amines is 1. The molecule has 2 aromatic carbocycles. The summed E-state index contributed by atoms with van der Waals surface area (Å²) in [5.41, 5.74) is 5.37. The Hall–Kier alpha value is -2.93. The predicted molar refractivity (Wildman–Crippen MR) is 116 cm³/mol. The normalized spacial score (nSPS) is 14.5. The van der Waals surface area contributed by atoms with Crippen molar-refractivity contribution >= 4 is 20.7 Å². The van der Waals surface area contributed by atoms with Gasteiger partial charge in [-0.15, -0.1) is 4.68 Å². The van der Waals surface area contributed by atoms with Crippen molar-refractivity contribution in [3.05, 3.63) is 60.4 Å². The van der Waals surface area contributed by atoms with Crippen molar-refractivity contribution in [2.45, 2.75) is 37.6 Å². The van der Waals surface area contributed by atoms with E-state index in [4.69, 9.17) is 0 Å². The summed E-state index contributed by atoms with van der Waals surface area (Å²) in [5.74, 6) is 0.782. The predicted octanol–water partition coefficient (Wildman–Crippen LogP) is 3.68. The molecule has 0 saturated heterocycles. The molecule has 2 aromatic heterocycles. The Morgan fingerprint density at radius 1 is 1.13 bits per heavy atom. The summed E-state index contributed by atoms with van der Waals surface area (Å²) in [6.07, 6.45) is 6.58. The van der Waals surface area contributed by atoms with Crippen LogP contribution in [-0.4, -0.2) is 29.6 Å². The summed E-state index contributed by atoms with van der Waals surface area (Å²) >= 11 is 0. The van der Waals surface area contributed by atoms with Gasteiger partial charge in [0, 0.05) is 23.8 Å². The molecule has 4 aromatic rings. The first-order chi connectivity index (χ1) is 14.4. The second kappa shape index (κ2) is 7.09. The SMILES string of the molecule is CCc1[nH][n+](CC2CC2)c2cc(-c3ccnn3-c3ccc(S(C)(=O)=O)cc3)ccc12. The van der Waals surface area contributed by atoms with Crippen LogP contribution in [0.2, 0.25) is 0 Å². The zero-order valence-corrected chi connectivity index (χ0v) is 18.0. The topological polar surface area (TPSA) is 71.6 Å². The number of hydrogen-bond donors (Lipinski definition) is 1. The molecular weight excluding hydrogens is 396 g/mol. The van der Waals surface area contributed by atoms with Gasteiger partial charge in [0.05, 0.1) is 33.6 Å². The van der Waals surface area contributed by atoms with E-state index in [-0.39, 0.29) is 0 Å². The first-order valence-corrected chi connectivity index (χ1v) is 12.2. The van der Waals surface area contributed by atoms with Gasteiger partial charge in [0.15, 0.2) is 16.4 Å². The van der Waals surface area contributed by atoms with Crippen molar-refractivity contribution in [2.24, 2.45) is 5.92 Å². The molecule has 154 valence electrons. The van der Waals surface area contributed by atoms with Gasteiger partial charge < -0.3 is 0 Å². The lowest BCUT2D eigenvalue weighted by Gasteiger charge is -2.08. The van der Waals surface area contributed by atoms with Crippen molar-refractivity contribution in [3.8, 4) is 16.9 Å². The van der Waals surface area contributed by atoms with Crippen LogP contribution in [0.5, 0.6) is 0 Å². The van der Waals surface area contributed by atoms with Crippen molar-refractivity contribution in [1.82, 2.24) is 14.9 Å². The lowest BCUT2D eigenvalue weighted by molar-refractivity contribution is -0.730. The number of nitrogens with one attached hydrogen (secondary N) is 1. The molecule has 0 unspecified atom stereocenters. The van der Waals surface area contributed by atoms with Crippen molar-refractivity contribution in [2.75, 3.05) is 6.26 Å². The number of rotatable bonds is 6. The van der Waals surface area contributed by atoms with E-state index in [2.05, 4.69) is 40.0 Å². The molecule has 2 heterocycles. The van der Waals surface area contributed by atoms with E-state index < -0.39 is 9.84 Å². The third-order valence-corrected chi connectivity index (χ3v) is 6.95. The molecule has 0 spiro atoms. The van der Waals surface area contributed by atoms with E-state index in [0.29, 0.717) is 4.90 Å². The van der Waals surface area contributed by atoms with Gasteiger partial charge in [-0.3, -0.25) is 0 Å². The van der Waals surface area contributed by atoms with Crippen LogP contribution >= 0.6 is 0 Å². The van der Waals surface area contributed by atoms with E-state index >= 15 is 0 Å². The van der Waals surface area contributed by atoms with Gasteiger partial charge in [-0.1, -0.05) is 13.0 Å². The molecule has 30 heavy (non-hydrogen) atoms. The number of aromatic nitrogens is 4. The van der Waals surface area contributed by atoms with Crippen LogP contribution in [0, 0.1) is 5.92 Å². The summed E-state index contributed by atoms with van der Waals surface area (Å²) in [5, 5.41) is 9.35. The molecule has 0 amide bonds. The molecule has 7 heteroatoms. The fraction of sp³-hybridized carbons (Fsp3) is 0.304. The largest absolute Gasteiger partial charge is 0.239 e. The van der Waals surface area contributed by atoms with E-state index in [1.54, 1.807) is 30.5 Å². The van der Waals surface area contributed by atoms with Crippen LogP contribution in [0.4, 0.5) is 0 Å². The maximum Gasteiger partial charge on any atom is 0.239 e. The third kappa shape index (κ3) is 3.43. The fourth-order valence-corrected chi connectivity index (χ4v) is 4.62. The minimum atomic E-state index is -3.22. The Balaban J connectivity index is 1.57. The molecule has 0 bridgehead atoms. The monoisotopic (exact) mass is 421 g/mol. The van der Waals surface area contributed by atoms with Crippen LogP contribution in [0.1, 0.15) is 25.5 Å². The lowest BCUT2D eigenvalue weighted by atomic mass is 10.1. The van der Waals surface area contributed by atoms with E-state index in [9.17, 15) is 8.42 Å². The number of nitrogens with zero attached hydrogens (tertiary/aromatic N) is 3. The minimum absolute atomic E-state index is 0.307. The number of sulfone groups is 1. The molecular formula is C23H25N4O2S+. The molecule has 1 fully saturated rings. The zero-order chi connectivity index (χ0) is 20.9. The molecule has 1 aliphatic rings. The highest BCUT2D eigenvalue weighted by molar-refractivity contribution is 7.90. The highest BCUT2D eigenvalue weighted by Gasteiger charge is 2.29. The Morgan fingerprint density at radius 2 is 1.90 bits per heavy atom. The van der Waals surface area contributed by atoms with Crippen molar-refractivity contribution in [1.29, 1.82) is 0 Å². The van der Waals surface area contributed by atoms with Crippen LogP contribution in [0.3, 0.4) is 0 Å². The summed E-state index contributed by atoms with van der Waals surface area (Å²) in [7, 11) is -3.22. The first-order valence-electron chi connectivity index (χ1n) is 10.3. The quantitative estimate of drug-likeness (QED) is 0.483. The molecule has 0 atom stereocenters. The zero-order valence-electron chi connectivity index (χ0n) is 17.2. The van der Waals surface area contributed by atoms with Crippen LogP contribution in [0.15, 0.2) is 59.6 Å². The van der Waals surface area contributed by atoms with Gasteiger partial charge in [0.2, 0.25) is 5.52 Å². The molecule has 0 aliphatic heterocycles. The van der Waals surface area contributed by atoms with Gasteiger partial charge in [-0.25, -0.2) is 13.1 Å². The lowest BCUT2D eigenvalue weighted by Crippen LogP contribution is -2.37. The van der Waals surface area contributed by atoms with Crippen LogP contribution in [-0.2, 0) is 22.8 Å². The smallest absolute Gasteiger partial charge is 0.233 e. The highest BCUT2D eigenvalue weighted by Crippen LogP contribution is 2.31. The van der Waals surface area contributed by atoms with Gasteiger partial charge in [0.1, 0.15) is 0 Å². The average molecular weight is 422 g/mol. The van der Waals surface area contributed by atoms with Gasteiger partial charge in [-0.05, 0) is 55.7 Å². The Bertz CT molecular complexity index is 1330. The summed E-state index contributed by atoms with van der Waals surface area (Å²) in [6.45, 7) is 3.21. The summed E-state index contributed by atoms with van der Waals surface area (Å²) in [4.78, 5) is 0.307. The van der Waals surface area contributed by atoms with Crippen LogP contribution < -0.4 is 4.68 Å². The third-order valence-electron chi connectivity index (χ3n) is 5.82. The average Bonchev–Trinajstić information content (AvgIpc) is 3.30. The maximum atomic E-state index is 11.8. The molecule has 5 rings (SSSR count). The standard InChI is InChI=1S/C23H24N4O2S/c1-3-21-20-11-6-17(14-23(20)26(25-21)15-16-4-5-16)22-12-13-24-27(22)18-7-9-19(10-8-18)30(2,28)29/h6-14,16H,3-5,15H2,1-2H3/p+1. The Kier molecular flexibility index (Phi) is 4.50. The minimum Gasteiger partial charge on any atom is -0.233 e. The highest BCUT2D eigenvalue weighted by atomic mass is 32.2. The fourth-order valence-electron chi connectivity index (χ4n) is 3.99. The molecule has 1 saturated carbocycles. The molecule has 0 radical (unpaired) electrons. The number of H-pyrrole nitrogens is 1. The number of benzene rings is 2. The van der Waals surface area contributed by atoms with E-state index in [1.807, 2.05) is 10.7 Å². The maximum absolute atomic E-state index is 11.8. The van der Waals surface area contributed by atoms with Gasteiger partial charge in [-0.2, -0.15) is 10.2 Å². The molecule has 1 N–H and O–H groups in total. The number of fused-ring (bicyclic) bond motifs is 1. The number of hydrogen-bond acceptors (Lipinski definition) is 3. The van der Waals surface area contributed by atoms with E-state index in [1.165, 1.54) is 35.7 Å². The second-order valence-electron chi connectivity index (χ2n) is 8.12. The van der Waals surface area contributed by atoms with Crippen LogP contribution in [0.25, 0.3) is 27.8 Å². The second-order valence-corrected chi connectivity index (χ2v) is 10.1. The summed E-state index contributed by atoms with van der Waals surface area (Å²) in [6, 6.07) is 15.4. The summed E-state index contributed by atoms with van der Waals surface area (Å²) < 4.78 is 27.7. The first kappa shape index (κ1) is 19.1. The van der Waals surface area contributed by atoms with Gasteiger partial charge in [0.25, 0.3) is 0 Å². The molecule has 6 nitrogen and oxygen atoms in total. The van der Waals surface area contributed by atoms with Gasteiger partial charge >= 0.3 is 0 Å². The van der Waals surface area contributed by atoms with Crippen molar-refractivity contribution < 1.29 is 13.1 Å². The Labute approximate surface area is 176 Å². The molecule has 1 aliphatic carbocycles.